The van der Waals surface area contributed by atoms with Crippen LogP contribution in [0, 0.1) is 10.1 Å². The Balaban J connectivity index is 1.91. The lowest BCUT2D eigenvalue weighted by Gasteiger charge is -2.06. The predicted octanol–water partition coefficient (Wildman–Crippen LogP) is 3.34. The van der Waals surface area contributed by atoms with E-state index in [0.717, 1.165) is 0 Å². The van der Waals surface area contributed by atoms with Gasteiger partial charge < -0.3 is 9.47 Å². The van der Waals surface area contributed by atoms with Crippen molar-refractivity contribution in [2.24, 2.45) is 4.99 Å². The van der Waals surface area contributed by atoms with E-state index in [1.165, 1.54) is 24.3 Å². The maximum absolute atomic E-state index is 12.1. The van der Waals surface area contributed by atoms with Crippen LogP contribution >= 0.6 is 0 Å². The van der Waals surface area contributed by atoms with Gasteiger partial charge in [0.25, 0.3) is 5.69 Å². The summed E-state index contributed by atoms with van der Waals surface area (Å²) in [4.78, 5) is 26.4. The van der Waals surface area contributed by atoms with Crippen molar-refractivity contribution < 1.29 is 19.2 Å². The second kappa shape index (κ2) is 6.96. The lowest BCUT2D eigenvalue weighted by Crippen LogP contribution is -2.05. The molecule has 0 fully saturated rings. The first-order valence-corrected chi connectivity index (χ1v) is 7.57. The van der Waals surface area contributed by atoms with E-state index < -0.39 is 10.9 Å². The second-order valence-electron chi connectivity index (χ2n) is 5.11. The van der Waals surface area contributed by atoms with Gasteiger partial charge in [0.2, 0.25) is 5.90 Å². The molecular formula is C18H14N2O5. The van der Waals surface area contributed by atoms with Gasteiger partial charge in [0.1, 0.15) is 5.75 Å². The number of nitro benzene ring substituents is 1. The van der Waals surface area contributed by atoms with E-state index in [-0.39, 0.29) is 17.3 Å². The minimum Gasteiger partial charge on any atom is -0.493 e. The Bertz CT molecular complexity index is 885. The van der Waals surface area contributed by atoms with Crippen molar-refractivity contribution in [2.45, 2.75) is 6.92 Å². The zero-order valence-corrected chi connectivity index (χ0v) is 13.3. The maximum Gasteiger partial charge on any atom is 0.363 e. The topological polar surface area (TPSA) is 91.0 Å². The molecule has 0 N–H and O–H groups in total. The van der Waals surface area contributed by atoms with Crippen molar-refractivity contribution in [2.75, 3.05) is 6.61 Å². The highest BCUT2D eigenvalue weighted by molar-refractivity contribution is 6.13. The van der Waals surface area contributed by atoms with Crippen molar-refractivity contribution in [1.82, 2.24) is 0 Å². The van der Waals surface area contributed by atoms with Crippen LogP contribution in [0.3, 0.4) is 0 Å². The zero-order chi connectivity index (χ0) is 17.8. The van der Waals surface area contributed by atoms with E-state index in [1.807, 2.05) is 25.1 Å². The fourth-order valence-electron chi connectivity index (χ4n) is 2.29. The third-order valence-electron chi connectivity index (χ3n) is 3.46. The molecule has 0 spiro atoms. The van der Waals surface area contributed by atoms with Gasteiger partial charge in [0.05, 0.1) is 11.5 Å². The average Bonchev–Trinajstić information content (AvgIpc) is 2.98. The third kappa shape index (κ3) is 3.55. The number of aliphatic imine (C=N–C) groups is 1. The normalized spacial score (nSPS) is 15.0. The molecular weight excluding hydrogens is 324 g/mol. The monoisotopic (exact) mass is 338 g/mol. The Kier molecular flexibility index (Phi) is 4.56. The lowest BCUT2D eigenvalue weighted by molar-refractivity contribution is -0.384. The number of ether oxygens (including phenoxy) is 2. The van der Waals surface area contributed by atoms with Crippen LogP contribution in [0.1, 0.15) is 18.1 Å². The van der Waals surface area contributed by atoms with E-state index >= 15 is 0 Å². The molecule has 1 heterocycles. The van der Waals surface area contributed by atoms with E-state index in [9.17, 15) is 14.9 Å². The molecule has 0 amide bonds. The second-order valence-corrected chi connectivity index (χ2v) is 5.11. The number of para-hydroxylation sites is 1. The number of benzene rings is 2. The average molecular weight is 338 g/mol. The van der Waals surface area contributed by atoms with Crippen LogP contribution in [-0.2, 0) is 9.53 Å². The first kappa shape index (κ1) is 16.4. The smallest absolute Gasteiger partial charge is 0.363 e. The van der Waals surface area contributed by atoms with Gasteiger partial charge in [0.15, 0.2) is 5.70 Å². The van der Waals surface area contributed by atoms with Crippen molar-refractivity contribution >= 4 is 23.6 Å². The highest BCUT2D eigenvalue weighted by Gasteiger charge is 2.25. The fraction of sp³-hybridized carbons (Fsp3) is 0.111. The van der Waals surface area contributed by atoms with Gasteiger partial charge in [-0.05, 0) is 31.2 Å². The summed E-state index contributed by atoms with van der Waals surface area (Å²) in [6.07, 6.45) is 1.59. The van der Waals surface area contributed by atoms with Gasteiger partial charge >= 0.3 is 5.97 Å². The van der Waals surface area contributed by atoms with Crippen LogP contribution in [-0.4, -0.2) is 23.4 Å². The van der Waals surface area contributed by atoms with Crippen LogP contribution < -0.4 is 4.74 Å². The number of non-ortho nitro benzene ring substituents is 1. The van der Waals surface area contributed by atoms with Crippen molar-refractivity contribution in [3.05, 3.63) is 75.5 Å². The summed E-state index contributed by atoms with van der Waals surface area (Å²) in [6.45, 7) is 2.38. The Morgan fingerprint density at radius 1 is 1.20 bits per heavy atom. The largest absolute Gasteiger partial charge is 0.493 e. The summed E-state index contributed by atoms with van der Waals surface area (Å²) >= 11 is 0. The number of hydrogen-bond acceptors (Lipinski definition) is 6. The zero-order valence-electron chi connectivity index (χ0n) is 13.3. The highest BCUT2D eigenvalue weighted by Crippen LogP contribution is 2.25. The van der Waals surface area contributed by atoms with Gasteiger partial charge in [-0.2, -0.15) is 0 Å². The quantitative estimate of drug-likeness (QED) is 0.361. The number of cyclic esters (lactones) is 1. The highest BCUT2D eigenvalue weighted by atomic mass is 16.6. The van der Waals surface area contributed by atoms with Gasteiger partial charge in [-0.1, -0.05) is 18.2 Å². The molecule has 1 aliphatic heterocycles. The van der Waals surface area contributed by atoms with Crippen molar-refractivity contribution in [1.29, 1.82) is 0 Å². The maximum atomic E-state index is 12.1. The van der Waals surface area contributed by atoms with Gasteiger partial charge in [-0.25, -0.2) is 9.79 Å². The van der Waals surface area contributed by atoms with Crippen LogP contribution in [0.25, 0.3) is 6.08 Å². The summed E-state index contributed by atoms with van der Waals surface area (Å²) in [7, 11) is 0. The van der Waals surface area contributed by atoms with Crippen LogP contribution in [0.5, 0.6) is 5.75 Å². The van der Waals surface area contributed by atoms with Gasteiger partial charge in [-0.3, -0.25) is 10.1 Å². The summed E-state index contributed by atoms with van der Waals surface area (Å²) in [6, 6.07) is 12.9. The minimum absolute atomic E-state index is 0.0462. The molecule has 126 valence electrons. The van der Waals surface area contributed by atoms with Gasteiger partial charge in [-0.15, -0.1) is 0 Å². The molecule has 7 heteroatoms. The lowest BCUT2D eigenvalue weighted by atomic mass is 10.1. The molecule has 0 radical (unpaired) electrons. The molecule has 0 atom stereocenters. The Morgan fingerprint density at radius 3 is 2.60 bits per heavy atom. The number of carbonyl (C=O) groups is 1. The number of nitro groups is 1. The Morgan fingerprint density at radius 2 is 1.92 bits per heavy atom. The number of nitrogens with zero attached hydrogens (tertiary/aromatic N) is 2. The molecule has 0 saturated carbocycles. The number of esters is 1. The minimum atomic E-state index is -0.584. The molecule has 0 aliphatic carbocycles. The predicted molar refractivity (Wildman–Crippen MR) is 91.3 cm³/mol. The standard InChI is InChI=1S/C18H14N2O5/c1-2-24-16-6-4-3-5-13(16)11-15-18(21)25-17(19-15)12-7-9-14(10-8-12)20(22)23/h3-11H,2H2,1H3/b15-11-. The molecule has 25 heavy (non-hydrogen) atoms. The summed E-state index contributed by atoms with van der Waals surface area (Å²) < 4.78 is 10.7. The number of rotatable bonds is 5. The molecule has 7 nitrogen and oxygen atoms in total. The molecule has 0 saturated heterocycles. The molecule has 0 aromatic heterocycles. The molecule has 2 aromatic rings. The van der Waals surface area contributed by atoms with E-state index in [2.05, 4.69) is 4.99 Å². The van der Waals surface area contributed by atoms with Gasteiger partial charge in [0, 0.05) is 23.3 Å². The third-order valence-corrected chi connectivity index (χ3v) is 3.46. The Hall–Kier alpha value is -3.48. The number of carbonyl (C=O) groups excluding carboxylic acids is 1. The van der Waals surface area contributed by atoms with E-state index in [4.69, 9.17) is 9.47 Å². The molecule has 0 bridgehead atoms. The van der Waals surface area contributed by atoms with E-state index in [1.54, 1.807) is 12.1 Å². The fourth-order valence-corrected chi connectivity index (χ4v) is 2.29. The van der Waals surface area contributed by atoms with Crippen LogP contribution in [0.2, 0.25) is 0 Å². The molecule has 0 unspecified atom stereocenters. The van der Waals surface area contributed by atoms with Crippen LogP contribution in [0.4, 0.5) is 5.69 Å². The molecule has 2 aromatic carbocycles. The Labute approximate surface area is 143 Å². The summed E-state index contributed by atoms with van der Waals surface area (Å²) in [5, 5.41) is 10.7. The first-order valence-electron chi connectivity index (χ1n) is 7.57. The summed E-state index contributed by atoms with van der Waals surface area (Å²) in [5.74, 6) is 0.170. The molecule has 1 aliphatic rings. The van der Waals surface area contributed by atoms with Crippen molar-refractivity contribution in [3.8, 4) is 5.75 Å². The number of hydrogen-bond donors (Lipinski definition) is 0. The summed E-state index contributed by atoms with van der Waals surface area (Å²) in [5.41, 5.74) is 1.29. The SMILES string of the molecule is CCOc1ccccc1/C=C1\N=C(c2ccc([N+](=O)[O-])cc2)OC1=O. The van der Waals surface area contributed by atoms with Crippen molar-refractivity contribution in [3.63, 3.8) is 0 Å². The molecule has 3 rings (SSSR count). The first-order chi connectivity index (χ1) is 12.1. The van der Waals surface area contributed by atoms with E-state index in [0.29, 0.717) is 23.5 Å². The van der Waals surface area contributed by atoms with Crippen LogP contribution in [0.15, 0.2) is 59.2 Å².